The maximum absolute atomic E-state index is 12.7. The van der Waals surface area contributed by atoms with Crippen molar-refractivity contribution >= 4 is 17.5 Å². The lowest BCUT2D eigenvalue weighted by Crippen LogP contribution is -2.07. The van der Waals surface area contributed by atoms with Crippen molar-refractivity contribution in [3.8, 4) is 5.75 Å². The van der Waals surface area contributed by atoms with Crippen LogP contribution in [0.5, 0.6) is 5.75 Å². The maximum Gasteiger partial charge on any atom is 0.338 e. The number of esters is 2. The Morgan fingerprint density at radius 3 is 1.30 bits per heavy atom. The van der Waals surface area contributed by atoms with Crippen LogP contribution >= 0.6 is 0 Å². The third-order valence-electron chi connectivity index (χ3n) is 8.48. The molecule has 56 heavy (non-hydrogen) atoms. The van der Waals surface area contributed by atoms with Crippen molar-refractivity contribution in [3.05, 3.63) is 170 Å². The summed E-state index contributed by atoms with van der Waals surface area (Å²) in [6.07, 6.45) is 65.3. The standard InChI is InChI=1S/C52H70O4/c1-4-7-9-11-13-15-17-19-21-23-25-27-29-31-33-35-37-39-41-43-51(53)56-49-46-44-48(45-47-49)50(52(54)55-6-3)42-40-38-36-34-32-30-28-26-24-22-20-18-16-14-12-10-8-5-2/h21-47H,4-20H2,1-3H3. The number of carbonyl (C=O) groups excluding carboxylic acids is 2. The molecule has 0 bridgehead atoms. The summed E-state index contributed by atoms with van der Waals surface area (Å²) in [7, 11) is 0. The summed E-state index contributed by atoms with van der Waals surface area (Å²) in [6.45, 7) is 6.55. The van der Waals surface area contributed by atoms with Gasteiger partial charge in [-0.1, -0.05) is 231 Å². The molecule has 0 amide bonds. The van der Waals surface area contributed by atoms with Crippen molar-refractivity contribution in [2.75, 3.05) is 6.61 Å². The van der Waals surface area contributed by atoms with Crippen LogP contribution in [0.3, 0.4) is 0 Å². The van der Waals surface area contributed by atoms with Crippen molar-refractivity contribution in [1.82, 2.24) is 0 Å². The zero-order chi connectivity index (χ0) is 40.4. The number of rotatable bonds is 31. The van der Waals surface area contributed by atoms with E-state index in [0.717, 1.165) is 12.8 Å². The van der Waals surface area contributed by atoms with Gasteiger partial charge in [0.2, 0.25) is 0 Å². The Hall–Kier alpha value is -4.96. The van der Waals surface area contributed by atoms with E-state index in [4.69, 9.17) is 9.47 Å². The lowest BCUT2D eigenvalue weighted by Gasteiger charge is -2.08. The predicted octanol–water partition coefficient (Wildman–Crippen LogP) is 14.9. The first-order valence-corrected chi connectivity index (χ1v) is 21.1. The molecule has 0 saturated carbocycles. The average molecular weight is 759 g/mol. The van der Waals surface area contributed by atoms with Gasteiger partial charge in [0, 0.05) is 6.08 Å². The minimum Gasteiger partial charge on any atom is -0.462 e. The van der Waals surface area contributed by atoms with E-state index < -0.39 is 11.9 Å². The highest BCUT2D eigenvalue weighted by Gasteiger charge is 2.13. The van der Waals surface area contributed by atoms with Crippen molar-refractivity contribution < 1.29 is 19.1 Å². The van der Waals surface area contributed by atoms with Gasteiger partial charge in [-0.05, 0) is 56.4 Å². The molecule has 0 spiro atoms. The highest BCUT2D eigenvalue weighted by molar-refractivity contribution is 6.16. The van der Waals surface area contributed by atoms with Gasteiger partial charge < -0.3 is 9.47 Å². The summed E-state index contributed by atoms with van der Waals surface area (Å²) < 4.78 is 10.7. The van der Waals surface area contributed by atoms with Gasteiger partial charge in [-0.25, -0.2) is 9.59 Å². The van der Waals surface area contributed by atoms with Gasteiger partial charge in [0.1, 0.15) is 5.75 Å². The second-order valence-corrected chi connectivity index (χ2v) is 13.4. The zero-order valence-electron chi connectivity index (χ0n) is 34.7. The molecular weight excluding hydrogens is 689 g/mol. The molecule has 4 heteroatoms. The first kappa shape index (κ1) is 49.1. The number of ether oxygens (including phenoxy) is 2. The number of carbonyl (C=O) groups is 2. The minimum absolute atomic E-state index is 0.268. The van der Waals surface area contributed by atoms with Crippen molar-refractivity contribution in [2.45, 2.75) is 124 Å². The number of hydrogen-bond acceptors (Lipinski definition) is 4. The maximum atomic E-state index is 12.7. The second kappa shape index (κ2) is 38.3. The van der Waals surface area contributed by atoms with E-state index in [1.807, 2.05) is 85.1 Å². The molecule has 4 nitrogen and oxygen atoms in total. The Labute approximate surface area is 340 Å². The van der Waals surface area contributed by atoms with E-state index in [2.05, 4.69) is 38.2 Å². The zero-order valence-corrected chi connectivity index (χ0v) is 34.7. The van der Waals surface area contributed by atoms with Gasteiger partial charge in [-0.3, -0.25) is 0 Å². The first-order valence-electron chi connectivity index (χ1n) is 21.1. The summed E-state index contributed by atoms with van der Waals surface area (Å²) in [5.74, 6) is -0.537. The van der Waals surface area contributed by atoms with Gasteiger partial charge in [-0.15, -0.1) is 0 Å². The lowest BCUT2D eigenvalue weighted by molar-refractivity contribution is -0.136. The van der Waals surface area contributed by atoms with Crippen LogP contribution in [-0.4, -0.2) is 18.5 Å². The quantitative estimate of drug-likeness (QED) is 0.0249. The molecule has 1 aromatic rings. The predicted molar refractivity (Wildman–Crippen MR) is 242 cm³/mol. The summed E-state index contributed by atoms with van der Waals surface area (Å²) >= 11 is 0. The third-order valence-corrected chi connectivity index (χ3v) is 8.48. The average Bonchev–Trinajstić information content (AvgIpc) is 3.20. The molecular formula is C52H70O4. The molecule has 0 heterocycles. The van der Waals surface area contributed by atoms with Gasteiger partial charge in [0.05, 0.1) is 12.2 Å². The molecule has 0 aliphatic carbocycles. The van der Waals surface area contributed by atoms with Crippen LogP contribution < -0.4 is 4.74 Å². The van der Waals surface area contributed by atoms with Crippen LogP contribution in [0, 0.1) is 0 Å². The van der Waals surface area contributed by atoms with Crippen LogP contribution in [0.25, 0.3) is 5.57 Å². The topological polar surface area (TPSA) is 52.6 Å². The number of allylic oxidation sites excluding steroid dienone is 22. The Morgan fingerprint density at radius 2 is 0.857 bits per heavy atom. The van der Waals surface area contributed by atoms with E-state index in [0.29, 0.717) is 16.9 Å². The molecule has 0 aromatic heterocycles. The van der Waals surface area contributed by atoms with E-state index >= 15 is 0 Å². The van der Waals surface area contributed by atoms with E-state index in [1.54, 1.807) is 55.5 Å². The van der Waals surface area contributed by atoms with Gasteiger partial charge in [0.15, 0.2) is 0 Å². The fraction of sp³-hybridized carbons (Fsp3) is 0.385. The van der Waals surface area contributed by atoms with Gasteiger partial charge in [0.25, 0.3) is 0 Å². The minimum atomic E-state index is -0.493. The van der Waals surface area contributed by atoms with Crippen molar-refractivity contribution in [1.29, 1.82) is 0 Å². The number of hydrogen-bond donors (Lipinski definition) is 0. The lowest BCUT2D eigenvalue weighted by atomic mass is 10.1. The Kier molecular flexibility index (Phi) is 33.6. The van der Waals surface area contributed by atoms with Crippen LogP contribution in [-0.2, 0) is 14.3 Å². The SMILES string of the molecule is CCCCCCCCCC=CC=CC=CC=CC=CC=CC(=O)Oc1ccc(C(=CC=CC=CC=CC=CC=CCCCCCCCCC)C(=O)OCC)cc1. The van der Waals surface area contributed by atoms with E-state index in [1.165, 1.54) is 96.0 Å². The molecule has 302 valence electrons. The highest BCUT2D eigenvalue weighted by atomic mass is 16.5. The highest BCUT2D eigenvalue weighted by Crippen LogP contribution is 2.21. The summed E-state index contributed by atoms with van der Waals surface area (Å²) in [5.41, 5.74) is 1.07. The van der Waals surface area contributed by atoms with Gasteiger partial charge in [-0.2, -0.15) is 0 Å². The Balaban J connectivity index is 2.46. The second-order valence-electron chi connectivity index (χ2n) is 13.4. The molecule has 0 aliphatic heterocycles. The Morgan fingerprint density at radius 1 is 0.464 bits per heavy atom. The van der Waals surface area contributed by atoms with E-state index in [-0.39, 0.29) is 6.61 Å². The monoisotopic (exact) mass is 759 g/mol. The summed E-state index contributed by atoms with van der Waals surface area (Å²) in [4.78, 5) is 25.0. The molecule has 0 N–H and O–H groups in total. The first-order chi connectivity index (χ1) is 27.6. The molecule has 0 fully saturated rings. The molecule has 0 unspecified atom stereocenters. The fourth-order valence-corrected chi connectivity index (χ4v) is 5.38. The molecule has 0 radical (unpaired) electrons. The molecule has 0 saturated heterocycles. The van der Waals surface area contributed by atoms with Crippen molar-refractivity contribution in [2.24, 2.45) is 0 Å². The van der Waals surface area contributed by atoms with Crippen LogP contribution in [0.1, 0.15) is 129 Å². The van der Waals surface area contributed by atoms with Crippen LogP contribution in [0.15, 0.2) is 164 Å². The number of unbranched alkanes of at least 4 members (excludes halogenated alkanes) is 14. The Bertz CT molecular complexity index is 1520. The van der Waals surface area contributed by atoms with Crippen LogP contribution in [0.4, 0.5) is 0 Å². The molecule has 0 aliphatic rings. The fourth-order valence-electron chi connectivity index (χ4n) is 5.38. The largest absolute Gasteiger partial charge is 0.462 e. The van der Waals surface area contributed by atoms with Crippen molar-refractivity contribution in [3.63, 3.8) is 0 Å². The van der Waals surface area contributed by atoms with Gasteiger partial charge >= 0.3 is 11.9 Å². The molecule has 1 aromatic carbocycles. The number of benzene rings is 1. The normalized spacial score (nSPS) is 13.2. The third kappa shape index (κ3) is 30.4. The molecule has 1 rings (SSSR count). The summed E-state index contributed by atoms with van der Waals surface area (Å²) in [6, 6.07) is 6.79. The van der Waals surface area contributed by atoms with E-state index in [9.17, 15) is 9.59 Å². The molecule has 0 atom stereocenters. The smallest absolute Gasteiger partial charge is 0.338 e. The van der Waals surface area contributed by atoms with Crippen LogP contribution in [0.2, 0.25) is 0 Å². The summed E-state index contributed by atoms with van der Waals surface area (Å²) in [5, 5.41) is 0.